The third-order valence-electron chi connectivity index (χ3n) is 4.12. The van der Waals surface area contributed by atoms with Gasteiger partial charge in [0, 0.05) is 36.5 Å². The molecule has 1 atom stereocenters. The summed E-state index contributed by atoms with van der Waals surface area (Å²) in [5.74, 6) is -0.466. The van der Waals surface area contributed by atoms with Crippen molar-refractivity contribution in [1.82, 2.24) is 15.6 Å². The maximum absolute atomic E-state index is 12.7. The van der Waals surface area contributed by atoms with Crippen LogP contribution in [-0.4, -0.2) is 35.9 Å². The number of para-hydroxylation sites is 1. The zero-order chi connectivity index (χ0) is 18.7. The quantitative estimate of drug-likeness (QED) is 0.843. The van der Waals surface area contributed by atoms with Gasteiger partial charge >= 0.3 is 6.03 Å². The van der Waals surface area contributed by atoms with Gasteiger partial charge in [-0.3, -0.25) is 19.8 Å². The molecular weight excluding hydrogens is 352 g/mol. The summed E-state index contributed by atoms with van der Waals surface area (Å²) in [5, 5.41) is 8.15. The molecule has 1 aliphatic rings. The number of urea groups is 1. The van der Waals surface area contributed by atoms with E-state index in [2.05, 4.69) is 15.6 Å². The van der Waals surface area contributed by atoms with E-state index in [9.17, 15) is 14.4 Å². The van der Waals surface area contributed by atoms with Crippen molar-refractivity contribution in [2.24, 2.45) is 0 Å². The second-order valence-electron chi connectivity index (χ2n) is 6.21. The molecule has 1 aromatic carbocycles. The predicted octanol–water partition coefficient (Wildman–Crippen LogP) is 2.43. The minimum absolute atomic E-state index is 0.0979. The summed E-state index contributed by atoms with van der Waals surface area (Å²) in [7, 11) is 0. The van der Waals surface area contributed by atoms with Gasteiger partial charge in [-0.1, -0.05) is 19.1 Å². The van der Waals surface area contributed by atoms with E-state index in [0.717, 1.165) is 10.7 Å². The molecule has 8 heteroatoms. The maximum Gasteiger partial charge on any atom is 0.328 e. The van der Waals surface area contributed by atoms with Crippen molar-refractivity contribution in [2.45, 2.75) is 26.2 Å². The Morgan fingerprint density at radius 2 is 2.15 bits per heavy atom. The van der Waals surface area contributed by atoms with Crippen LogP contribution in [0.2, 0.25) is 0 Å². The van der Waals surface area contributed by atoms with Crippen LogP contribution in [0.1, 0.15) is 40.3 Å². The van der Waals surface area contributed by atoms with Gasteiger partial charge in [0.15, 0.2) is 0 Å². The van der Waals surface area contributed by atoms with Crippen LogP contribution in [0.5, 0.6) is 0 Å². The molecule has 0 spiro atoms. The summed E-state index contributed by atoms with van der Waals surface area (Å²) in [6.07, 6.45) is 0.210. The van der Waals surface area contributed by atoms with Crippen molar-refractivity contribution < 1.29 is 14.4 Å². The van der Waals surface area contributed by atoms with Gasteiger partial charge in [0.25, 0.3) is 5.91 Å². The Morgan fingerprint density at radius 3 is 2.85 bits per heavy atom. The first kappa shape index (κ1) is 18.1. The van der Waals surface area contributed by atoms with Gasteiger partial charge in [-0.25, -0.2) is 9.78 Å². The summed E-state index contributed by atoms with van der Waals surface area (Å²) in [6.45, 7) is 4.65. The number of nitrogens with zero attached hydrogens (tertiary/aromatic N) is 2. The first-order chi connectivity index (χ1) is 12.5. The van der Waals surface area contributed by atoms with Crippen LogP contribution in [-0.2, 0) is 4.79 Å². The van der Waals surface area contributed by atoms with E-state index in [-0.39, 0.29) is 30.7 Å². The fourth-order valence-corrected chi connectivity index (χ4v) is 3.58. The molecule has 2 N–H and O–H groups in total. The standard InChI is InChI=1S/C18H20N4O3S/c1-11(17-20-12(2)10-26-17)9-19-16(24)13-5-3-4-6-14(13)22-8-7-15(23)21-18(22)25/h3-6,10-11H,7-9H2,1-2H3,(H,19,24)(H,21,23,25). The fraction of sp³-hybridized carbons (Fsp3) is 0.333. The molecule has 4 amide bonds. The molecule has 0 radical (unpaired) electrons. The molecule has 1 fully saturated rings. The number of carbonyl (C=O) groups is 3. The Morgan fingerprint density at radius 1 is 1.38 bits per heavy atom. The Kier molecular flexibility index (Phi) is 5.32. The molecule has 2 aromatic rings. The number of hydrogen-bond donors (Lipinski definition) is 2. The van der Waals surface area contributed by atoms with Crippen molar-refractivity contribution in [1.29, 1.82) is 0 Å². The number of aromatic nitrogens is 1. The molecule has 1 saturated heterocycles. The molecule has 1 aromatic heterocycles. The highest BCUT2D eigenvalue weighted by atomic mass is 32.1. The van der Waals surface area contributed by atoms with E-state index < -0.39 is 6.03 Å². The van der Waals surface area contributed by atoms with Crippen LogP contribution in [0.4, 0.5) is 10.5 Å². The Balaban J connectivity index is 1.71. The summed E-state index contributed by atoms with van der Waals surface area (Å²) >= 11 is 1.58. The second-order valence-corrected chi connectivity index (χ2v) is 7.10. The molecule has 0 aliphatic carbocycles. The minimum Gasteiger partial charge on any atom is -0.351 e. The van der Waals surface area contributed by atoms with Gasteiger partial charge in [0.2, 0.25) is 5.91 Å². The number of benzene rings is 1. The van der Waals surface area contributed by atoms with E-state index in [1.807, 2.05) is 19.2 Å². The lowest BCUT2D eigenvalue weighted by Gasteiger charge is -2.28. The van der Waals surface area contributed by atoms with Crippen LogP contribution < -0.4 is 15.5 Å². The molecule has 26 heavy (non-hydrogen) atoms. The van der Waals surface area contributed by atoms with Crippen LogP contribution in [0, 0.1) is 6.92 Å². The number of hydrogen-bond acceptors (Lipinski definition) is 5. The zero-order valence-corrected chi connectivity index (χ0v) is 15.4. The SMILES string of the molecule is Cc1csc(C(C)CNC(=O)c2ccccc2N2CCC(=O)NC2=O)n1. The van der Waals surface area contributed by atoms with Crippen molar-refractivity contribution in [3.8, 4) is 0 Å². The summed E-state index contributed by atoms with van der Waals surface area (Å²) in [5.41, 5.74) is 1.87. The molecule has 1 unspecified atom stereocenters. The second kappa shape index (κ2) is 7.65. The highest BCUT2D eigenvalue weighted by Gasteiger charge is 2.27. The number of nitrogens with one attached hydrogen (secondary N) is 2. The van der Waals surface area contributed by atoms with E-state index in [0.29, 0.717) is 17.8 Å². The minimum atomic E-state index is -0.506. The fourth-order valence-electron chi connectivity index (χ4n) is 2.72. The topological polar surface area (TPSA) is 91.4 Å². The van der Waals surface area contributed by atoms with Gasteiger partial charge in [0.1, 0.15) is 0 Å². The highest BCUT2D eigenvalue weighted by Crippen LogP contribution is 2.23. The average molecular weight is 372 g/mol. The lowest BCUT2D eigenvalue weighted by Crippen LogP contribution is -2.50. The van der Waals surface area contributed by atoms with Crippen molar-refractivity contribution in [3.05, 3.63) is 45.9 Å². The number of imide groups is 1. The monoisotopic (exact) mass is 372 g/mol. The third kappa shape index (κ3) is 3.91. The van der Waals surface area contributed by atoms with E-state index in [4.69, 9.17) is 0 Å². The van der Waals surface area contributed by atoms with E-state index in [1.54, 1.807) is 35.6 Å². The van der Waals surface area contributed by atoms with Crippen LogP contribution in [0.3, 0.4) is 0 Å². The zero-order valence-electron chi connectivity index (χ0n) is 14.6. The normalized spacial score (nSPS) is 15.5. The first-order valence-electron chi connectivity index (χ1n) is 8.36. The number of rotatable bonds is 5. The van der Waals surface area contributed by atoms with Crippen molar-refractivity contribution >= 4 is 34.9 Å². The van der Waals surface area contributed by atoms with Crippen molar-refractivity contribution in [2.75, 3.05) is 18.0 Å². The molecule has 2 heterocycles. The molecule has 7 nitrogen and oxygen atoms in total. The molecule has 1 aliphatic heterocycles. The maximum atomic E-state index is 12.7. The highest BCUT2D eigenvalue weighted by molar-refractivity contribution is 7.09. The summed E-state index contributed by atoms with van der Waals surface area (Å²) in [4.78, 5) is 42.0. The Labute approximate surface area is 155 Å². The smallest absolute Gasteiger partial charge is 0.328 e. The Bertz CT molecular complexity index is 848. The van der Waals surface area contributed by atoms with Gasteiger partial charge in [-0.05, 0) is 19.1 Å². The first-order valence-corrected chi connectivity index (χ1v) is 9.24. The molecular formula is C18H20N4O3S. The van der Waals surface area contributed by atoms with E-state index >= 15 is 0 Å². The van der Waals surface area contributed by atoms with Gasteiger partial charge < -0.3 is 5.32 Å². The average Bonchev–Trinajstić information content (AvgIpc) is 3.06. The third-order valence-corrected chi connectivity index (χ3v) is 5.31. The van der Waals surface area contributed by atoms with Crippen molar-refractivity contribution in [3.63, 3.8) is 0 Å². The number of amides is 4. The van der Waals surface area contributed by atoms with E-state index in [1.165, 1.54) is 4.90 Å². The largest absolute Gasteiger partial charge is 0.351 e. The van der Waals surface area contributed by atoms with Gasteiger partial charge in [-0.2, -0.15) is 0 Å². The molecule has 3 rings (SSSR count). The lowest BCUT2D eigenvalue weighted by molar-refractivity contribution is -0.120. The number of anilines is 1. The molecule has 136 valence electrons. The molecule has 0 bridgehead atoms. The number of thiazole rings is 1. The summed E-state index contributed by atoms with van der Waals surface area (Å²) in [6, 6.07) is 6.38. The van der Waals surface area contributed by atoms with Crippen LogP contribution in [0.15, 0.2) is 29.6 Å². The van der Waals surface area contributed by atoms with Gasteiger partial charge in [-0.15, -0.1) is 11.3 Å². The van der Waals surface area contributed by atoms with Crippen LogP contribution >= 0.6 is 11.3 Å². The van der Waals surface area contributed by atoms with Crippen LogP contribution in [0.25, 0.3) is 0 Å². The number of aryl methyl sites for hydroxylation is 1. The summed E-state index contributed by atoms with van der Waals surface area (Å²) < 4.78 is 0. The predicted molar refractivity (Wildman–Crippen MR) is 99.5 cm³/mol. The lowest BCUT2D eigenvalue weighted by atomic mass is 10.1. The van der Waals surface area contributed by atoms with Gasteiger partial charge in [0.05, 0.1) is 16.3 Å². The number of carbonyl (C=O) groups excluding carboxylic acids is 3. The Hall–Kier alpha value is -2.74. The molecule has 0 saturated carbocycles.